The second-order valence-electron chi connectivity index (χ2n) is 6.88. The van der Waals surface area contributed by atoms with Crippen LogP contribution in [0.25, 0.3) is 0 Å². The number of aliphatic carboxylic acids is 1. The summed E-state index contributed by atoms with van der Waals surface area (Å²) in [6.45, 7) is 3.52. The van der Waals surface area contributed by atoms with E-state index < -0.39 is 36.0 Å². The van der Waals surface area contributed by atoms with Crippen molar-refractivity contribution in [1.82, 2.24) is 10.6 Å². The first-order valence-corrected chi connectivity index (χ1v) is 9.47. The summed E-state index contributed by atoms with van der Waals surface area (Å²) >= 11 is 0. The molecule has 154 valence electrons. The molecule has 2 rings (SSSR count). The Kier molecular flexibility index (Phi) is 7.91. The van der Waals surface area contributed by atoms with E-state index in [0.717, 1.165) is 0 Å². The van der Waals surface area contributed by atoms with E-state index in [1.165, 1.54) is 0 Å². The highest BCUT2D eigenvalue weighted by Crippen LogP contribution is 2.19. The van der Waals surface area contributed by atoms with Crippen LogP contribution in [-0.4, -0.2) is 40.1 Å². The van der Waals surface area contributed by atoms with Crippen molar-refractivity contribution in [3.8, 4) is 0 Å². The highest BCUT2D eigenvalue weighted by molar-refractivity contribution is 5.95. The molecule has 0 unspecified atom stereocenters. The van der Waals surface area contributed by atoms with Crippen LogP contribution >= 0.6 is 0 Å². The summed E-state index contributed by atoms with van der Waals surface area (Å²) in [5.41, 5.74) is 0.902. The number of aliphatic hydroxyl groups excluding tert-OH is 1. The SMILES string of the molecule is CC[C@@H](C)[C@@H](NC(=O)[C@H](O)[C@@H](NC(=O)c1ccccc1)c1ccccc1)C(=O)O. The minimum Gasteiger partial charge on any atom is -0.480 e. The van der Waals surface area contributed by atoms with Crippen molar-refractivity contribution < 1.29 is 24.6 Å². The molecular weight excluding hydrogens is 372 g/mol. The molecule has 0 bridgehead atoms. The molecule has 4 atom stereocenters. The van der Waals surface area contributed by atoms with Gasteiger partial charge in [-0.3, -0.25) is 9.59 Å². The number of hydrogen-bond donors (Lipinski definition) is 4. The first-order chi connectivity index (χ1) is 13.8. The number of amides is 2. The number of rotatable bonds is 9. The van der Waals surface area contributed by atoms with Gasteiger partial charge < -0.3 is 20.8 Å². The van der Waals surface area contributed by atoms with Crippen molar-refractivity contribution >= 4 is 17.8 Å². The molecule has 0 saturated heterocycles. The topological polar surface area (TPSA) is 116 Å². The quantitative estimate of drug-likeness (QED) is 0.516. The summed E-state index contributed by atoms with van der Waals surface area (Å²) in [4.78, 5) is 36.7. The fraction of sp³-hybridized carbons (Fsp3) is 0.318. The molecule has 0 aliphatic carbocycles. The van der Waals surface area contributed by atoms with E-state index in [-0.39, 0.29) is 5.92 Å². The Morgan fingerprint density at radius 2 is 1.48 bits per heavy atom. The second-order valence-corrected chi connectivity index (χ2v) is 6.88. The Labute approximate surface area is 169 Å². The van der Waals surface area contributed by atoms with Crippen molar-refractivity contribution in [1.29, 1.82) is 0 Å². The highest BCUT2D eigenvalue weighted by atomic mass is 16.4. The zero-order valence-corrected chi connectivity index (χ0v) is 16.4. The van der Waals surface area contributed by atoms with E-state index >= 15 is 0 Å². The monoisotopic (exact) mass is 398 g/mol. The summed E-state index contributed by atoms with van der Waals surface area (Å²) in [5.74, 6) is -2.81. The smallest absolute Gasteiger partial charge is 0.326 e. The molecule has 0 radical (unpaired) electrons. The van der Waals surface area contributed by atoms with Crippen LogP contribution in [0.2, 0.25) is 0 Å². The number of nitrogens with one attached hydrogen (secondary N) is 2. The number of carboxylic acid groups (broad SMARTS) is 1. The van der Waals surface area contributed by atoms with Gasteiger partial charge >= 0.3 is 5.97 Å². The lowest BCUT2D eigenvalue weighted by molar-refractivity contribution is -0.145. The molecule has 7 heteroatoms. The predicted octanol–water partition coefficient (Wildman–Crippen LogP) is 2.13. The van der Waals surface area contributed by atoms with E-state index in [9.17, 15) is 24.6 Å². The van der Waals surface area contributed by atoms with Gasteiger partial charge in [-0.2, -0.15) is 0 Å². The zero-order valence-electron chi connectivity index (χ0n) is 16.4. The minimum absolute atomic E-state index is 0.322. The van der Waals surface area contributed by atoms with Gasteiger partial charge in [-0.15, -0.1) is 0 Å². The number of benzene rings is 2. The van der Waals surface area contributed by atoms with Gasteiger partial charge in [-0.25, -0.2) is 4.79 Å². The summed E-state index contributed by atoms with van der Waals surface area (Å²) < 4.78 is 0. The first kappa shape index (κ1) is 22.1. The van der Waals surface area contributed by atoms with Crippen LogP contribution in [0.1, 0.15) is 42.2 Å². The molecule has 0 heterocycles. The molecule has 2 aromatic rings. The maximum atomic E-state index is 12.6. The molecule has 0 aliphatic heterocycles. The molecule has 0 aliphatic rings. The largest absolute Gasteiger partial charge is 0.480 e. The molecule has 2 aromatic carbocycles. The van der Waals surface area contributed by atoms with E-state index in [2.05, 4.69) is 10.6 Å². The van der Waals surface area contributed by atoms with E-state index in [4.69, 9.17) is 0 Å². The van der Waals surface area contributed by atoms with Gasteiger partial charge in [0.15, 0.2) is 6.10 Å². The maximum Gasteiger partial charge on any atom is 0.326 e. The lowest BCUT2D eigenvalue weighted by atomic mass is 9.97. The molecule has 0 saturated carbocycles. The predicted molar refractivity (Wildman–Crippen MR) is 108 cm³/mol. The van der Waals surface area contributed by atoms with Gasteiger partial charge in [0.2, 0.25) is 0 Å². The van der Waals surface area contributed by atoms with Gasteiger partial charge in [0.1, 0.15) is 6.04 Å². The van der Waals surface area contributed by atoms with E-state index in [1.54, 1.807) is 67.6 Å². The first-order valence-electron chi connectivity index (χ1n) is 9.47. The Hall–Kier alpha value is -3.19. The van der Waals surface area contributed by atoms with Crippen LogP contribution in [0.15, 0.2) is 60.7 Å². The number of carboxylic acids is 1. The van der Waals surface area contributed by atoms with Gasteiger partial charge in [-0.1, -0.05) is 68.8 Å². The number of carbonyl (C=O) groups excluding carboxylic acids is 2. The molecule has 0 spiro atoms. The summed E-state index contributed by atoms with van der Waals surface area (Å²) in [7, 11) is 0. The molecule has 0 aromatic heterocycles. The number of aliphatic hydroxyl groups is 1. The normalized spacial score (nSPS) is 14.9. The Balaban J connectivity index is 2.24. The molecule has 7 nitrogen and oxygen atoms in total. The minimum atomic E-state index is -1.67. The number of carbonyl (C=O) groups is 3. The van der Waals surface area contributed by atoms with Crippen LogP contribution in [0.3, 0.4) is 0 Å². The zero-order chi connectivity index (χ0) is 21.4. The van der Waals surface area contributed by atoms with Crippen molar-refractivity contribution in [3.05, 3.63) is 71.8 Å². The van der Waals surface area contributed by atoms with Crippen LogP contribution in [0.5, 0.6) is 0 Å². The molecular formula is C22H26N2O5. The van der Waals surface area contributed by atoms with Crippen LogP contribution in [0, 0.1) is 5.92 Å². The van der Waals surface area contributed by atoms with Crippen molar-refractivity contribution in [2.24, 2.45) is 5.92 Å². The average Bonchev–Trinajstić information content (AvgIpc) is 2.75. The average molecular weight is 398 g/mol. The fourth-order valence-electron chi connectivity index (χ4n) is 2.89. The fourth-order valence-corrected chi connectivity index (χ4v) is 2.89. The van der Waals surface area contributed by atoms with Gasteiger partial charge in [0.25, 0.3) is 11.8 Å². The Morgan fingerprint density at radius 3 is 2.00 bits per heavy atom. The summed E-state index contributed by atoms with van der Waals surface area (Å²) in [6, 6.07) is 14.8. The Bertz CT molecular complexity index is 826. The maximum absolute atomic E-state index is 12.6. The van der Waals surface area contributed by atoms with Gasteiger partial charge in [-0.05, 0) is 23.6 Å². The van der Waals surface area contributed by atoms with Gasteiger partial charge in [0.05, 0.1) is 6.04 Å². The standard InChI is InChI=1S/C22H26N2O5/c1-3-14(2)17(22(28)29)23-21(27)19(25)18(15-10-6-4-7-11-15)24-20(26)16-12-8-5-9-13-16/h4-14,17-19,25H,3H2,1-2H3,(H,23,27)(H,24,26)(H,28,29)/t14-,17-,18+,19-/m1/s1. The van der Waals surface area contributed by atoms with Crippen LogP contribution < -0.4 is 10.6 Å². The van der Waals surface area contributed by atoms with Crippen molar-refractivity contribution in [3.63, 3.8) is 0 Å². The molecule has 0 fully saturated rings. The molecule has 29 heavy (non-hydrogen) atoms. The molecule has 4 N–H and O–H groups in total. The van der Waals surface area contributed by atoms with E-state index in [1.807, 2.05) is 6.92 Å². The summed E-state index contributed by atoms with van der Waals surface area (Å²) in [6.07, 6.45) is -1.13. The van der Waals surface area contributed by atoms with Crippen molar-refractivity contribution in [2.45, 2.75) is 38.5 Å². The highest BCUT2D eigenvalue weighted by Gasteiger charge is 2.33. The van der Waals surface area contributed by atoms with Gasteiger partial charge in [0, 0.05) is 5.56 Å². The summed E-state index contributed by atoms with van der Waals surface area (Å²) in [5, 5.41) is 25.2. The van der Waals surface area contributed by atoms with E-state index in [0.29, 0.717) is 17.5 Å². The number of hydrogen-bond acceptors (Lipinski definition) is 4. The third-order valence-electron chi connectivity index (χ3n) is 4.84. The lowest BCUT2D eigenvalue weighted by Crippen LogP contribution is -2.52. The van der Waals surface area contributed by atoms with Crippen LogP contribution in [-0.2, 0) is 9.59 Å². The van der Waals surface area contributed by atoms with Crippen LogP contribution in [0.4, 0.5) is 0 Å². The second kappa shape index (κ2) is 10.4. The lowest BCUT2D eigenvalue weighted by Gasteiger charge is -2.27. The third-order valence-corrected chi connectivity index (χ3v) is 4.84. The molecule has 2 amide bonds. The van der Waals surface area contributed by atoms with Crippen molar-refractivity contribution in [2.75, 3.05) is 0 Å². The third kappa shape index (κ3) is 5.89. The Morgan fingerprint density at radius 1 is 0.931 bits per heavy atom.